The number of hydrogen-bond acceptors (Lipinski definition) is 2. The molecule has 0 heterocycles. The van der Waals surface area contributed by atoms with Crippen molar-refractivity contribution in [3.05, 3.63) is 24.3 Å². The molecule has 0 aromatic heterocycles. The van der Waals surface area contributed by atoms with E-state index in [-0.39, 0.29) is 12.1 Å². The molecule has 0 spiro atoms. The van der Waals surface area contributed by atoms with Crippen LogP contribution >= 0.6 is 0 Å². The fraction of sp³-hybridized carbons (Fsp3) is 0.667. The van der Waals surface area contributed by atoms with Gasteiger partial charge in [-0.05, 0) is 39.0 Å². The fourth-order valence-electron chi connectivity index (χ4n) is 1.60. The van der Waals surface area contributed by atoms with Crippen LogP contribution in [0.1, 0.15) is 59.3 Å². The van der Waals surface area contributed by atoms with E-state index >= 15 is 0 Å². The van der Waals surface area contributed by atoms with Gasteiger partial charge in [0.2, 0.25) is 0 Å². The van der Waals surface area contributed by atoms with E-state index < -0.39 is 0 Å². The molecule has 0 aromatic rings. The third-order valence-corrected chi connectivity index (χ3v) is 2.47. The minimum atomic E-state index is -0.178. The lowest BCUT2D eigenvalue weighted by atomic mass is 10.1. The first kappa shape index (κ1) is 16.0. The van der Waals surface area contributed by atoms with Crippen molar-refractivity contribution in [2.75, 3.05) is 0 Å². The molecule has 1 atom stereocenters. The molecule has 0 saturated heterocycles. The number of esters is 1. The molecule has 0 aliphatic heterocycles. The Balaban J connectivity index is 3.31. The zero-order valence-corrected chi connectivity index (χ0v) is 11.4. The summed E-state index contributed by atoms with van der Waals surface area (Å²) in [5, 5.41) is 0. The molecule has 0 rings (SSSR count). The Morgan fingerprint density at radius 1 is 1.18 bits per heavy atom. The van der Waals surface area contributed by atoms with Gasteiger partial charge in [-0.15, -0.1) is 0 Å². The van der Waals surface area contributed by atoms with Gasteiger partial charge < -0.3 is 4.74 Å². The summed E-state index contributed by atoms with van der Waals surface area (Å²) in [5.41, 5.74) is 0. The van der Waals surface area contributed by atoms with Crippen LogP contribution in [-0.2, 0) is 9.53 Å². The maximum absolute atomic E-state index is 10.7. The highest BCUT2D eigenvalue weighted by molar-refractivity contribution is 5.66. The van der Waals surface area contributed by atoms with Crippen LogP contribution in [0.3, 0.4) is 0 Å². The van der Waals surface area contributed by atoms with Crippen molar-refractivity contribution in [1.29, 1.82) is 0 Å². The van der Waals surface area contributed by atoms with Gasteiger partial charge in [0.25, 0.3) is 0 Å². The monoisotopic (exact) mass is 238 g/mol. The van der Waals surface area contributed by atoms with Crippen LogP contribution in [0, 0.1) is 0 Å². The largest absolute Gasteiger partial charge is 0.463 e. The van der Waals surface area contributed by atoms with Crippen LogP contribution < -0.4 is 0 Å². The Hall–Kier alpha value is -1.05. The zero-order valence-electron chi connectivity index (χ0n) is 11.4. The molecule has 0 saturated carbocycles. The maximum atomic E-state index is 10.7. The van der Waals surface area contributed by atoms with E-state index in [0.717, 1.165) is 25.7 Å². The quantitative estimate of drug-likeness (QED) is 0.338. The van der Waals surface area contributed by atoms with E-state index in [1.165, 1.54) is 19.8 Å². The van der Waals surface area contributed by atoms with Crippen LogP contribution in [0.5, 0.6) is 0 Å². The summed E-state index contributed by atoms with van der Waals surface area (Å²) < 4.78 is 5.06. The first-order chi connectivity index (χ1) is 8.16. The second-order valence-corrected chi connectivity index (χ2v) is 4.32. The number of unbranched alkanes of at least 4 members (excludes halogenated alkanes) is 3. The minimum Gasteiger partial charge on any atom is -0.463 e. The van der Waals surface area contributed by atoms with Crippen molar-refractivity contribution >= 4 is 5.97 Å². The second kappa shape index (κ2) is 11.4. The number of ether oxygens (including phenoxy) is 1. The Morgan fingerprint density at radius 2 is 1.88 bits per heavy atom. The molecule has 98 valence electrons. The lowest BCUT2D eigenvalue weighted by Gasteiger charge is -2.10. The molecule has 2 heteroatoms. The predicted octanol–water partition coefficient (Wildman–Crippen LogP) is 4.41. The van der Waals surface area contributed by atoms with Gasteiger partial charge in [0, 0.05) is 6.92 Å². The molecular formula is C15H26O2. The molecule has 0 aromatic carbocycles. The molecule has 0 amide bonds. The highest BCUT2D eigenvalue weighted by atomic mass is 16.5. The van der Waals surface area contributed by atoms with E-state index in [1.54, 1.807) is 0 Å². The van der Waals surface area contributed by atoms with E-state index in [2.05, 4.69) is 31.2 Å². The minimum absolute atomic E-state index is 0.0653. The molecule has 0 bridgehead atoms. The lowest BCUT2D eigenvalue weighted by Crippen LogP contribution is -2.11. The maximum Gasteiger partial charge on any atom is 0.302 e. The molecular weight excluding hydrogens is 212 g/mol. The first-order valence-electron chi connectivity index (χ1n) is 6.65. The van der Waals surface area contributed by atoms with Crippen LogP contribution in [0.25, 0.3) is 0 Å². The lowest BCUT2D eigenvalue weighted by molar-refractivity contribution is -0.145. The summed E-state index contributed by atoms with van der Waals surface area (Å²) in [6, 6.07) is 0. The fourth-order valence-corrected chi connectivity index (χ4v) is 1.60. The van der Waals surface area contributed by atoms with Gasteiger partial charge in [-0.1, -0.05) is 37.6 Å². The Bertz CT molecular complexity index is 241. The number of hydrogen-bond donors (Lipinski definition) is 0. The van der Waals surface area contributed by atoms with Crippen LogP contribution in [-0.4, -0.2) is 12.1 Å². The van der Waals surface area contributed by atoms with Gasteiger partial charge in [-0.25, -0.2) is 0 Å². The van der Waals surface area contributed by atoms with Crippen molar-refractivity contribution in [2.45, 2.75) is 65.4 Å². The summed E-state index contributed by atoms with van der Waals surface area (Å²) >= 11 is 0. The standard InChI is InChI=1S/C15H26O2/c1-4-5-6-7-8-9-10-11-12-13-14(2)17-15(3)16/h5-8,14H,4,9-13H2,1-3H3/b6-5?,8-7-/t14-/m0/s1. The van der Waals surface area contributed by atoms with Crippen molar-refractivity contribution < 1.29 is 9.53 Å². The second-order valence-electron chi connectivity index (χ2n) is 4.32. The number of rotatable bonds is 9. The van der Waals surface area contributed by atoms with Crippen LogP contribution in [0.2, 0.25) is 0 Å². The van der Waals surface area contributed by atoms with E-state index in [4.69, 9.17) is 4.74 Å². The molecule has 0 radical (unpaired) electrons. The van der Waals surface area contributed by atoms with Gasteiger partial charge in [0.05, 0.1) is 6.10 Å². The van der Waals surface area contributed by atoms with E-state index in [9.17, 15) is 4.79 Å². The molecule has 0 N–H and O–H groups in total. The third kappa shape index (κ3) is 12.9. The third-order valence-electron chi connectivity index (χ3n) is 2.47. The average molecular weight is 238 g/mol. The molecule has 17 heavy (non-hydrogen) atoms. The molecule has 2 nitrogen and oxygen atoms in total. The van der Waals surface area contributed by atoms with Gasteiger partial charge in [0.1, 0.15) is 0 Å². The van der Waals surface area contributed by atoms with Crippen molar-refractivity contribution in [3.63, 3.8) is 0 Å². The normalized spacial score (nSPS) is 13.4. The van der Waals surface area contributed by atoms with Crippen LogP contribution in [0.4, 0.5) is 0 Å². The summed E-state index contributed by atoms with van der Waals surface area (Å²) in [6.07, 6.45) is 15.4. The van der Waals surface area contributed by atoms with E-state index in [1.807, 2.05) is 6.92 Å². The predicted molar refractivity (Wildman–Crippen MR) is 72.9 cm³/mol. The summed E-state index contributed by atoms with van der Waals surface area (Å²) in [7, 11) is 0. The Labute approximate surface area is 106 Å². The molecule has 0 aliphatic carbocycles. The highest BCUT2D eigenvalue weighted by Crippen LogP contribution is 2.08. The summed E-state index contributed by atoms with van der Waals surface area (Å²) in [5.74, 6) is -0.178. The Kier molecular flexibility index (Phi) is 10.7. The van der Waals surface area contributed by atoms with Gasteiger partial charge >= 0.3 is 5.97 Å². The first-order valence-corrected chi connectivity index (χ1v) is 6.65. The summed E-state index contributed by atoms with van der Waals surface area (Å²) in [4.78, 5) is 10.7. The SMILES string of the molecule is CCC=C/C=C\CCCCC[C@H](C)OC(C)=O. The number of carbonyl (C=O) groups is 1. The van der Waals surface area contributed by atoms with Crippen LogP contribution in [0.15, 0.2) is 24.3 Å². The topological polar surface area (TPSA) is 26.3 Å². The smallest absolute Gasteiger partial charge is 0.302 e. The van der Waals surface area contributed by atoms with E-state index in [0.29, 0.717) is 0 Å². The van der Waals surface area contributed by atoms with Crippen molar-refractivity contribution in [3.8, 4) is 0 Å². The number of allylic oxidation sites excluding steroid dienone is 4. The molecule has 0 fully saturated rings. The highest BCUT2D eigenvalue weighted by Gasteiger charge is 2.03. The average Bonchev–Trinajstić information content (AvgIpc) is 2.26. The van der Waals surface area contributed by atoms with Crippen molar-refractivity contribution in [2.24, 2.45) is 0 Å². The van der Waals surface area contributed by atoms with Gasteiger partial charge in [-0.3, -0.25) is 4.79 Å². The molecule has 0 aliphatic rings. The Morgan fingerprint density at radius 3 is 2.53 bits per heavy atom. The summed E-state index contributed by atoms with van der Waals surface area (Å²) in [6.45, 7) is 5.55. The zero-order chi connectivity index (χ0) is 12.9. The number of carbonyl (C=O) groups excluding carboxylic acids is 1. The van der Waals surface area contributed by atoms with Gasteiger partial charge in [-0.2, -0.15) is 0 Å². The van der Waals surface area contributed by atoms with Gasteiger partial charge in [0.15, 0.2) is 0 Å². The molecule has 0 unspecified atom stereocenters. The van der Waals surface area contributed by atoms with Crippen molar-refractivity contribution in [1.82, 2.24) is 0 Å².